The number of aliphatic hydroxyl groups is 3. The molecule has 0 aliphatic carbocycles. The van der Waals surface area contributed by atoms with E-state index in [0.717, 1.165) is 10.5 Å². The largest absolute Gasteiger partial charge is 0.479 e. The van der Waals surface area contributed by atoms with E-state index in [1.54, 1.807) is 11.8 Å². The quantitative estimate of drug-likeness (QED) is 0.339. The van der Waals surface area contributed by atoms with Crippen molar-refractivity contribution in [1.29, 1.82) is 0 Å². The first kappa shape index (κ1) is 26.3. The topological polar surface area (TPSA) is 145 Å². The van der Waals surface area contributed by atoms with Crippen LogP contribution in [-0.2, 0) is 28.5 Å². The van der Waals surface area contributed by atoms with Crippen molar-refractivity contribution < 1.29 is 47.9 Å². The van der Waals surface area contributed by atoms with Gasteiger partial charge in [0, 0.05) is 15.7 Å². The van der Waals surface area contributed by atoms with Crippen molar-refractivity contribution in [2.75, 3.05) is 0 Å². The van der Waals surface area contributed by atoms with E-state index in [0.29, 0.717) is 5.25 Å². The molecule has 3 rings (SSSR count). The second-order valence-corrected chi connectivity index (χ2v) is 9.69. The number of nitrogens with one attached hydrogen (secondary N) is 1. The van der Waals surface area contributed by atoms with Crippen molar-refractivity contribution in [3.05, 3.63) is 41.1 Å². The Bertz CT molecular complexity index is 984. The second-order valence-electron chi connectivity index (χ2n) is 8.04. The van der Waals surface area contributed by atoms with Crippen LogP contribution in [0, 0.1) is 0 Å². The van der Waals surface area contributed by atoms with Crippen LogP contribution in [-0.4, -0.2) is 72.5 Å². The normalized spacial score (nSPS) is 25.5. The number of carbonyl (C=O) groups is 1. The number of aliphatic carboxylic acids is 1. The molecule has 1 fully saturated rings. The summed E-state index contributed by atoms with van der Waals surface area (Å²) in [7, 11) is 0. The summed E-state index contributed by atoms with van der Waals surface area (Å²) < 4.78 is 50.9. The van der Waals surface area contributed by atoms with Gasteiger partial charge in [-0.25, -0.2) is 4.79 Å². The van der Waals surface area contributed by atoms with E-state index < -0.39 is 54.4 Å². The summed E-state index contributed by atoms with van der Waals surface area (Å²) in [4.78, 5) is 12.3. The summed E-state index contributed by atoms with van der Waals surface area (Å²) in [5.74, 6) is -2.21. The zero-order valence-electron chi connectivity index (χ0n) is 18.2. The van der Waals surface area contributed by atoms with E-state index in [2.05, 4.69) is 5.10 Å². The zero-order chi connectivity index (χ0) is 25.2. The summed E-state index contributed by atoms with van der Waals surface area (Å²) in [6, 6.07) is 7.37. The van der Waals surface area contributed by atoms with Crippen molar-refractivity contribution in [2.24, 2.45) is 0 Å². The van der Waals surface area contributed by atoms with Crippen LogP contribution in [0.3, 0.4) is 0 Å². The molecule has 1 saturated heterocycles. The Balaban J connectivity index is 1.81. The van der Waals surface area contributed by atoms with Crippen molar-refractivity contribution in [1.82, 2.24) is 10.2 Å². The molecule has 188 valence electrons. The summed E-state index contributed by atoms with van der Waals surface area (Å²) in [5.41, 5.74) is -0.738. The van der Waals surface area contributed by atoms with Gasteiger partial charge in [0.1, 0.15) is 24.0 Å². The molecule has 1 aliphatic rings. The maximum absolute atomic E-state index is 13.5. The van der Waals surface area contributed by atoms with Crippen molar-refractivity contribution in [3.8, 4) is 5.88 Å². The highest BCUT2D eigenvalue weighted by Crippen LogP contribution is 2.36. The summed E-state index contributed by atoms with van der Waals surface area (Å²) >= 11 is 1.65. The van der Waals surface area contributed by atoms with Crippen LogP contribution in [0.2, 0.25) is 0 Å². The minimum Gasteiger partial charge on any atom is -0.479 e. The minimum atomic E-state index is -4.78. The first-order chi connectivity index (χ1) is 15.9. The number of hydrogen-bond acceptors (Lipinski definition) is 8. The Labute approximate surface area is 196 Å². The van der Waals surface area contributed by atoms with Crippen LogP contribution in [0.1, 0.15) is 30.7 Å². The molecule has 34 heavy (non-hydrogen) atoms. The lowest BCUT2D eigenvalue weighted by atomic mass is 9.99. The molecule has 0 saturated carbocycles. The molecule has 1 aromatic heterocycles. The Morgan fingerprint density at radius 3 is 2.35 bits per heavy atom. The van der Waals surface area contributed by atoms with E-state index in [-0.39, 0.29) is 18.4 Å². The lowest BCUT2D eigenvalue weighted by Crippen LogP contribution is -2.61. The van der Waals surface area contributed by atoms with E-state index in [1.807, 2.05) is 43.2 Å². The van der Waals surface area contributed by atoms with Crippen LogP contribution in [0.4, 0.5) is 13.2 Å². The number of rotatable bonds is 8. The minimum absolute atomic E-state index is 0.145. The highest BCUT2D eigenvalue weighted by Gasteiger charge is 2.49. The highest BCUT2D eigenvalue weighted by molar-refractivity contribution is 7.99. The molecule has 0 unspecified atom stereocenters. The molecule has 2 heterocycles. The predicted octanol–water partition coefficient (Wildman–Crippen LogP) is 1.99. The number of ether oxygens (including phenoxy) is 2. The number of alkyl halides is 3. The van der Waals surface area contributed by atoms with Crippen molar-refractivity contribution in [3.63, 3.8) is 0 Å². The SMILES string of the molecule is CC(C)Sc1ccc(CCc2c(O[C@@H]3O[C@H](C(=O)O)[C@@H](O)[C@H](O)[C@H]3O)n[nH]c2C(F)(F)F)cc1. The Morgan fingerprint density at radius 1 is 1.15 bits per heavy atom. The van der Waals surface area contributed by atoms with Gasteiger partial charge in [-0.05, 0) is 30.5 Å². The van der Waals surface area contributed by atoms with E-state index in [9.17, 15) is 33.3 Å². The van der Waals surface area contributed by atoms with Gasteiger partial charge in [-0.1, -0.05) is 26.0 Å². The molecular weight excluding hydrogens is 481 g/mol. The number of nitrogens with zero attached hydrogens (tertiary/aromatic N) is 1. The Hall–Kier alpha value is -2.32. The maximum Gasteiger partial charge on any atom is 0.433 e. The van der Waals surface area contributed by atoms with Crippen LogP contribution < -0.4 is 4.74 Å². The molecule has 9 nitrogen and oxygen atoms in total. The van der Waals surface area contributed by atoms with Gasteiger partial charge in [-0.3, -0.25) is 5.10 Å². The predicted molar refractivity (Wildman–Crippen MR) is 113 cm³/mol. The monoisotopic (exact) mass is 506 g/mol. The number of aliphatic hydroxyl groups excluding tert-OH is 3. The van der Waals surface area contributed by atoms with Crippen molar-refractivity contribution in [2.45, 2.75) is 73.7 Å². The number of hydrogen-bond donors (Lipinski definition) is 5. The van der Waals surface area contributed by atoms with Crippen LogP contribution >= 0.6 is 11.8 Å². The number of aromatic amines is 1. The number of carboxylic acids is 1. The fourth-order valence-electron chi connectivity index (χ4n) is 3.45. The molecule has 0 spiro atoms. The third kappa shape index (κ3) is 6.02. The average molecular weight is 506 g/mol. The second kappa shape index (κ2) is 10.5. The molecule has 1 aromatic carbocycles. The van der Waals surface area contributed by atoms with Gasteiger partial charge in [0.05, 0.1) is 0 Å². The van der Waals surface area contributed by atoms with Crippen molar-refractivity contribution >= 4 is 17.7 Å². The number of carboxylic acid groups (broad SMARTS) is 1. The van der Waals surface area contributed by atoms with E-state index in [4.69, 9.17) is 14.6 Å². The van der Waals surface area contributed by atoms with E-state index >= 15 is 0 Å². The lowest BCUT2D eigenvalue weighted by molar-refractivity contribution is -0.271. The first-order valence-electron chi connectivity index (χ1n) is 10.4. The molecule has 0 radical (unpaired) electrons. The molecule has 2 aromatic rings. The molecule has 0 bridgehead atoms. The smallest absolute Gasteiger partial charge is 0.433 e. The van der Waals surface area contributed by atoms with E-state index in [1.165, 1.54) is 0 Å². The molecule has 1 aliphatic heterocycles. The molecule has 5 atom stereocenters. The number of H-pyrrole nitrogens is 1. The third-order valence-electron chi connectivity index (χ3n) is 5.11. The molecular formula is C21H25F3N2O7S. The number of benzene rings is 1. The number of aryl methyl sites for hydroxylation is 1. The lowest BCUT2D eigenvalue weighted by Gasteiger charge is -2.38. The van der Waals surface area contributed by atoms with Crippen LogP contribution in [0.15, 0.2) is 29.2 Å². The van der Waals surface area contributed by atoms with Crippen LogP contribution in [0.5, 0.6) is 5.88 Å². The Kier molecular flexibility index (Phi) is 8.14. The Morgan fingerprint density at radius 2 is 1.79 bits per heavy atom. The van der Waals surface area contributed by atoms with Gasteiger partial charge in [-0.2, -0.15) is 13.2 Å². The molecule has 0 amide bonds. The number of thioether (sulfide) groups is 1. The number of aromatic nitrogens is 2. The maximum atomic E-state index is 13.5. The molecule has 5 N–H and O–H groups in total. The van der Waals surface area contributed by atoms with Gasteiger partial charge < -0.3 is 29.9 Å². The molecule has 13 heteroatoms. The van der Waals surface area contributed by atoms with Gasteiger partial charge in [0.25, 0.3) is 0 Å². The fraction of sp³-hybridized carbons (Fsp3) is 0.524. The van der Waals surface area contributed by atoms with Gasteiger partial charge in [0.2, 0.25) is 12.2 Å². The van der Waals surface area contributed by atoms with Crippen LogP contribution in [0.25, 0.3) is 0 Å². The van der Waals surface area contributed by atoms with Gasteiger partial charge >= 0.3 is 12.1 Å². The summed E-state index contributed by atoms with van der Waals surface area (Å²) in [6.07, 6.45) is -14.4. The first-order valence-corrected chi connectivity index (χ1v) is 11.3. The third-order valence-corrected chi connectivity index (χ3v) is 6.13. The number of halogens is 3. The summed E-state index contributed by atoms with van der Waals surface area (Å²) in [6.45, 7) is 4.09. The highest BCUT2D eigenvalue weighted by atomic mass is 32.2. The van der Waals surface area contributed by atoms with Gasteiger partial charge in [0.15, 0.2) is 6.10 Å². The average Bonchev–Trinajstić information content (AvgIpc) is 3.16. The standard InChI is InChI=1S/C21H25F3N2O7S/c1-9(2)34-11-6-3-10(4-7-11)5-8-12-17(21(22,23)24)25-26-18(12)33-20-15(29)13(27)14(28)16(32-20)19(30)31/h3-4,6-7,9,13-16,20,27-29H,5,8H2,1-2H3,(H,25,26)(H,30,31)/t13-,14-,15+,16-,20-/m0/s1. The van der Waals surface area contributed by atoms with Gasteiger partial charge in [-0.15, -0.1) is 16.9 Å². The fourth-order valence-corrected chi connectivity index (χ4v) is 4.29. The zero-order valence-corrected chi connectivity index (χ0v) is 19.0. The summed E-state index contributed by atoms with van der Waals surface area (Å²) in [5, 5.41) is 44.7.